The van der Waals surface area contributed by atoms with Gasteiger partial charge in [0.05, 0.1) is 36.4 Å². The molecule has 2 N–H and O–H groups in total. The topological polar surface area (TPSA) is 112 Å². The third-order valence-electron chi connectivity index (χ3n) is 5.47. The van der Waals surface area contributed by atoms with Gasteiger partial charge in [0.15, 0.2) is 17.2 Å². The fourth-order valence-electron chi connectivity index (χ4n) is 3.86. The molecule has 0 aromatic heterocycles. The van der Waals surface area contributed by atoms with Crippen molar-refractivity contribution in [1.29, 1.82) is 0 Å². The Morgan fingerprint density at radius 1 is 1.03 bits per heavy atom. The number of benzene rings is 2. The summed E-state index contributed by atoms with van der Waals surface area (Å²) in [6.45, 7) is 0.309. The van der Waals surface area contributed by atoms with E-state index in [1.165, 1.54) is 20.3 Å². The monoisotopic (exact) mass is 471 g/mol. The number of nitrogens with one attached hydrogen (secondary N) is 2. The van der Waals surface area contributed by atoms with Crippen molar-refractivity contribution in [3.63, 3.8) is 0 Å². The van der Waals surface area contributed by atoms with Crippen LogP contribution in [0.15, 0.2) is 47.7 Å². The highest BCUT2D eigenvalue weighted by Crippen LogP contribution is 2.42. The summed E-state index contributed by atoms with van der Waals surface area (Å²) >= 11 is 5.75. The van der Waals surface area contributed by atoms with Gasteiger partial charge < -0.3 is 24.8 Å². The summed E-state index contributed by atoms with van der Waals surface area (Å²) in [6, 6.07) is 8.21. The number of ether oxygens (including phenoxy) is 3. The van der Waals surface area contributed by atoms with E-state index in [1.54, 1.807) is 24.3 Å². The average Bonchev–Trinajstić information content (AvgIpc) is 2.96. The van der Waals surface area contributed by atoms with Crippen LogP contribution in [0.3, 0.4) is 0 Å². The number of hydrogen-bond acceptors (Lipinski definition) is 7. The van der Waals surface area contributed by atoms with Gasteiger partial charge in [-0.2, -0.15) is 0 Å². The second kappa shape index (κ2) is 9.41. The molecule has 4 rings (SSSR count). The summed E-state index contributed by atoms with van der Waals surface area (Å²) in [4.78, 5) is 23.6. The Bertz CT molecular complexity index is 1190. The van der Waals surface area contributed by atoms with Crippen molar-refractivity contribution >= 4 is 40.1 Å². The molecule has 33 heavy (non-hydrogen) atoms. The minimum Gasteiger partial charge on any atom is -0.493 e. The number of halogens is 1. The van der Waals surface area contributed by atoms with Crippen LogP contribution in [0.2, 0.25) is 0 Å². The zero-order valence-electron chi connectivity index (χ0n) is 18.1. The Hall–Kier alpha value is -3.72. The molecule has 1 aliphatic heterocycles. The predicted octanol–water partition coefficient (Wildman–Crippen LogP) is 4.73. The molecule has 1 aliphatic carbocycles. The van der Waals surface area contributed by atoms with Crippen LogP contribution >= 0.6 is 11.6 Å². The van der Waals surface area contributed by atoms with E-state index in [0.717, 1.165) is 11.1 Å². The standard InChI is InChI=1S/C23H22ClN3O6/c1-31-20-10-14(4-6-19(20)27(29)30)13-3-5-15-16(9-13)25-17-12-22(33-8-7-24)21(32-2)11-18(17)26-23(15)28/h4,6,9-12,25H,3,5,7-8H2,1-2H3,(H,26,28). The molecule has 0 saturated carbocycles. The number of nitrogens with zero attached hydrogens (tertiary/aromatic N) is 1. The number of carbonyl (C=O) groups is 1. The van der Waals surface area contributed by atoms with Gasteiger partial charge in [0.1, 0.15) is 6.61 Å². The van der Waals surface area contributed by atoms with Gasteiger partial charge in [-0.3, -0.25) is 14.9 Å². The van der Waals surface area contributed by atoms with Gasteiger partial charge >= 0.3 is 5.69 Å². The summed E-state index contributed by atoms with van der Waals surface area (Å²) < 4.78 is 16.3. The van der Waals surface area contributed by atoms with Crippen molar-refractivity contribution in [2.24, 2.45) is 0 Å². The molecule has 10 heteroatoms. The average molecular weight is 472 g/mol. The second-order valence-electron chi connectivity index (χ2n) is 7.37. The smallest absolute Gasteiger partial charge is 0.310 e. The van der Waals surface area contributed by atoms with Gasteiger partial charge in [-0.05, 0) is 42.2 Å². The number of carbonyl (C=O) groups excluding carboxylic acids is 1. The first-order valence-corrected chi connectivity index (χ1v) is 10.7. The molecule has 2 aromatic carbocycles. The third kappa shape index (κ3) is 4.45. The van der Waals surface area contributed by atoms with E-state index in [4.69, 9.17) is 25.8 Å². The number of alkyl halides is 1. The Balaban J connectivity index is 1.72. The van der Waals surface area contributed by atoms with Crippen molar-refractivity contribution in [2.75, 3.05) is 37.3 Å². The number of allylic oxidation sites excluding steroid dienone is 2. The van der Waals surface area contributed by atoms with E-state index >= 15 is 0 Å². The molecule has 0 atom stereocenters. The van der Waals surface area contributed by atoms with E-state index in [-0.39, 0.29) is 17.3 Å². The number of nitro benzene ring substituents is 1. The second-order valence-corrected chi connectivity index (χ2v) is 7.75. The Morgan fingerprint density at radius 3 is 2.45 bits per heavy atom. The van der Waals surface area contributed by atoms with Crippen molar-refractivity contribution in [1.82, 2.24) is 0 Å². The molecule has 1 heterocycles. The molecule has 2 aromatic rings. The van der Waals surface area contributed by atoms with Gasteiger partial charge in [0, 0.05) is 29.5 Å². The number of nitro groups is 1. The number of amides is 1. The summed E-state index contributed by atoms with van der Waals surface area (Å²) in [5, 5.41) is 17.5. The predicted molar refractivity (Wildman–Crippen MR) is 125 cm³/mol. The van der Waals surface area contributed by atoms with Crippen molar-refractivity contribution in [2.45, 2.75) is 12.8 Å². The molecule has 9 nitrogen and oxygen atoms in total. The molecule has 1 amide bonds. The lowest BCUT2D eigenvalue weighted by Crippen LogP contribution is -2.16. The van der Waals surface area contributed by atoms with Crippen LogP contribution in [0, 0.1) is 10.1 Å². The Morgan fingerprint density at radius 2 is 1.76 bits per heavy atom. The third-order valence-corrected chi connectivity index (χ3v) is 5.62. The summed E-state index contributed by atoms with van der Waals surface area (Å²) in [7, 11) is 2.92. The molecule has 172 valence electrons. The first kappa shape index (κ1) is 22.5. The van der Waals surface area contributed by atoms with Crippen molar-refractivity contribution in [3.05, 3.63) is 63.4 Å². The SMILES string of the molecule is COc1cc2c(cc1OCCCl)NC1=C(CCC(c3ccc([N+](=O)[O-])c(OC)c3)=C1)C(=O)N2. The lowest BCUT2D eigenvalue weighted by molar-refractivity contribution is -0.385. The first-order chi connectivity index (χ1) is 15.9. The Labute approximate surface area is 195 Å². The van der Waals surface area contributed by atoms with E-state index in [2.05, 4.69) is 10.6 Å². The number of fused-ring (bicyclic) bond motifs is 1. The summed E-state index contributed by atoms with van der Waals surface area (Å²) in [5.74, 6) is 1.29. The van der Waals surface area contributed by atoms with Crippen LogP contribution in [0.1, 0.15) is 18.4 Å². The fraction of sp³-hybridized carbons (Fsp3) is 0.261. The van der Waals surface area contributed by atoms with E-state index in [9.17, 15) is 14.9 Å². The highest BCUT2D eigenvalue weighted by Gasteiger charge is 2.27. The molecule has 0 bridgehead atoms. The molecular weight excluding hydrogens is 450 g/mol. The van der Waals surface area contributed by atoms with Crippen LogP contribution in [-0.2, 0) is 4.79 Å². The molecule has 0 unspecified atom stereocenters. The van der Waals surface area contributed by atoms with Crippen molar-refractivity contribution in [3.8, 4) is 17.2 Å². The molecule has 0 spiro atoms. The van der Waals surface area contributed by atoms with Gasteiger partial charge in [0.25, 0.3) is 5.91 Å². The number of hydrogen-bond donors (Lipinski definition) is 2. The van der Waals surface area contributed by atoms with Gasteiger partial charge in [-0.1, -0.05) is 0 Å². The maximum absolute atomic E-state index is 12.9. The minimum absolute atomic E-state index is 0.100. The van der Waals surface area contributed by atoms with Crippen LogP contribution in [0.25, 0.3) is 5.57 Å². The maximum Gasteiger partial charge on any atom is 0.310 e. The normalized spacial score (nSPS) is 14.8. The van der Waals surface area contributed by atoms with E-state index in [0.29, 0.717) is 59.5 Å². The molecule has 0 fully saturated rings. The van der Waals surface area contributed by atoms with Crippen LogP contribution in [0.5, 0.6) is 17.2 Å². The summed E-state index contributed by atoms with van der Waals surface area (Å²) in [5.41, 5.74) is 4.10. The highest BCUT2D eigenvalue weighted by molar-refractivity contribution is 6.18. The largest absolute Gasteiger partial charge is 0.493 e. The molecular formula is C23H22ClN3O6. The van der Waals surface area contributed by atoms with Crippen molar-refractivity contribution < 1.29 is 23.9 Å². The fourth-order valence-corrected chi connectivity index (χ4v) is 3.94. The molecule has 2 aliphatic rings. The molecule has 0 saturated heterocycles. The lowest BCUT2D eigenvalue weighted by atomic mass is 9.90. The summed E-state index contributed by atoms with van der Waals surface area (Å²) in [6.07, 6.45) is 2.98. The van der Waals surface area contributed by atoms with Crippen LogP contribution in [-0.4, -0.2) is 37.5 Å². The first-order valence-electron chi connectivity index (χ1n) is 10.2. The minimum atomic E-state index is -0.481. The number of rotatable bonds is 7. The van der Waals surface area contributed by atoms with Gasteiger partial charge in [0.2, 0.25) is 0 Å². The lowest BCUT2D eigenvalue weighted by Gasteiger charge is -2.19. The number of methoxy groups -OCH3 is 2. The van der Waals surface area contributed by atoms with E-state index in [1.807, 2.05) is 6.08 Å². The Kier molecular flexibility index (Phi) is 6.41. The van der Waals surface area contributed by atoms with Crippen LogP contribution in [0.4, 0.5) is 17.1 Å². The quantitative estimate of drug-likeness (QED) is 0.341. The zero-order chi connectivity index (χ0) is 23.5. The van der Waals surface area contributed by atoms with E-state index < -0.39 is 4.92 Å². The van der Waals surface area contributed by atoms with Gasteiger partial charge in [-0.15, -0.1) is 11.6 Å². The maximum atomic E-state index is 12.9. The zero-order valence-corrected chi connectivity index (χ0v) is 18.8. The van der Waals surface area contributed by atoms with Gasteiger partial charge in [-0.25, -0.2) is 0 Å². The highest BCUT2D eigenvalue weighted by atomic mass is 35.5. The van der Waals surface area contributed by atoms with Crippen LogP contribution < -0.4 is 24.8 Å². The molecule has 0 radical (unpaired) electrons. The number of anilines is 2.